The molecule has 1 aliphatic heterocycles. The van der Waals surface area contributed by atoms with Crippen LogP contribution in [0.25, 0.3) is 0 Å². The summed E-state index contributed by atoms with van der Waals surface area (Å²) in [4.78, 5) is 15.8. The van der Waals surface area contributed by atoms with Gasteiger partial charge >= 0.3 is 0 Å². The van der Waals surface area contributed by atoms with Crippen molar-refractivity contribution in [3.8, 4) is 0 Å². The molecule has 0 aliphatic carbocycles. The summed E-state index contributed by atoms with van der Waals surface area (Å²) < 4.78 is 0. The van der Waals surface area contributed by atoms with E-state index < -0.39 is 0 Å². The van der Waals surface area contributed by atoms with E-state index in [-0.39, 0.29) is 18.4 Å². The second-order valence-electron chi connectivity index (χ2n) is 5.85. The van der Waals surface area contributed by atoms with Crippen LogP contribution in [0.2, 0.25) is 0 Å². The third-order valence-electron chi connectivity index (χ3n) is 4.37. The quantitative estimate of drug-likeness (QED) is 0.841. The van der Waals surface area contributed by atoms with E-state index in [2.05, 4.69) is 29.4 Å². The van der Waals surface area contributed by atoms with Crippen molar-refractivity contribution in [2.75, 3.05) is 32.8 Å². The number of thiophene rings is 1. The normalized spacial score (nSPS) is 19.7. The predicted molar refractivity (Wildman–Crippen MR) is 86.8 cm³/mol. The molecule has 1 aromatic heterocycles. The highest BCUT2D eigenvalue weighted by Crippen LogP contribution is 2.21. The number of nitrogens with zero attached hydrogens (tertiary/aromatic N) is 1. The van der Waals surface area contributed by atoms with Gasteiger partial charge in [-0.2, -0.15) is 0 Å². The number of carbonyl (C=O) groups excluding carboxylic acids is 1. The van der Waals surface area contributed by atoms with Gasteiger partial charge in [0.2, 0.25) is 5.91 Å². The van der Waals surface area contributed by atoms with Gasteiger partial charge in [-0.25, -0.2) is 0 Å². The van der Waals surface area contributed by atoms with E-state index in [1.165, 1.54) is 16.0 Å². The van der Waals surface area contributed by atoms with Crippen molar-refractivity contribution in [2.45, 2.75) is 33.1 Å². The van der Waals surface area contributed by atoms with Crippen molar-refractivity contribution < 1.29 is 9.90 Å². The maximum absolute atomic E-state index is 12.2. The van der Waals surface area contributed by atoms with Crippen LogP contribution in [-0.4, -0.2) is 48.7 Å². The predicted octanol–water partition coefficient (Wildman–Crippen LogP) is 1.73. The number of piperidine rings is 1. The van der Waals surface area contributed by atoms with Gasteiger partial charge in [-0.15, -0.1) is 11.3 Å². The lowest BCUT2D eigenvalue weighted by molar-refractivity contribution is -0.126. The van der Waals surface area contributed by atoms with Gasteiger partial charge in [0.25, 0.3) is 0 Å². The van der Waals surface area contributed by atoms with Gasteiger partial charge in [0, 0.05) is 24.5 Å². The number of rotatable bonds is 6. The van der Waals surface area contributed by atoms with E-state index in [0.717, 1.165) is 32.4 Å². The Labute approximate surface area is 131 Å². The Morgan fingerprint density at radius 2 is 2.33 bits per heavy atom. The molecule has 0 unspecified atom stereocenters. The van der Waals surface area contributed by atoms with Crippen LogP contribution in [0.15, 0.2) is 5.38 Å². The van der Waals surface area contributed by atoms with Crippen molar-refractivity contribution >= 4 is 17.2 Å². The Bertz CT molecular complexity index is 471. The Balaban J connectivity index is 1.75. The largest absolute Gasteiger partial charge is 0.395 e. The first kappa shape index (κ1) is 16.5. The van der Waals surface area contributed by atoms with Crippen LogP contribution in [0.1, 0.15) is 28.8 Å². The first-order valence-electron chi connectivity index (χ1n) is 7.76. The molecule has 4 nitrogen and oxygen atoms in total. The Kier molecular flexibility index (Phi) is 6.21. The molecule has 0 aromatic carbocycles. The van der Waals surface area contributed by atoms with E-state index in [0.29, 0.717) is 13.1 Å². The third-order valence-corrected chi connectivity index (χ3v) is 5.44. The first-order valence-corrected chi connectivity index (χ1v) is 8.64. The van der Waals surface area contributed by atoms with Crippen LogP contribution < -0.4 is 5.32 Å². The lowest BCUT2D eigenvalue weighted by atomic mass is 9.97. The minimum Gasteiger partial charge on any atom is -0.395 e. The molecule has 0 bridgehead atoms. The number of hydrogen-bond acceptors (Lipinski definition) is 4. The number of amides is 1. The summed E-state index contributed by atoms with van der Waals surface area (Å²) in [6.07, 6.45) is 2.92. The summed E-state index contributed by atoms with van der Waals surface area (Å²) in [5.74, 6) is 0.248. The summed E-state index contributed by atoms with van der Waals surface area (Å²) >= 11 is 1.78. The average molecular weight is 310 g/mol. The van der Waals surface area contributed by atoms with E-state index in [4.69, 9.17) is 5.11 Å². The third kappa shape index (κ3) is 4.53. The number of hydrogen-bond donors (Lipinski definition) is 2. The molecule has 0 radical (unpaired) electrons. The van der Waals surface area contributed by atoms with Gasteiger partial charge in [-0.1, -0.05) is 0 Å². The van der Waals surface area contributed by atoms with Crippen LogP contribution >= 0.6 is 11.3 Å². The molecule has 0 spiro atoms. The molecule has 1 aromatic rings. The van der Waals surface area contributed by atoms with E-state index in [1.807, 2.05) is 0 Å². The number of β-amino-alcohol motifs (C(OH)–C–C–N with tert-alkyl or cyclic N) is 1. The Hall–Kier alpha value is -0.910. The summed E-state index contributed by atoms with van der Waals surface area (Å²) in [7, 11) is 0. The van der Waals surface area contributed by atoms with E-state index in [1.54, 1.807) is 11.3 Å². The van der Waals surface area contributed by atoms with Gasteiger partial charge in [-0.05, 0) is 56.2 Å². The van der Waals surface area contributed by atoms with Gasteiger partial charge in [0.15, 0.2) is 0 Å². The number of aliphatic hydroxyl groups is 1. The number of carbonyl (C=O) groups is 1. The second-order valence-corrected chi connectivity index (χ2v) is 6.93. The molecule has 0 saturated carbocycles. The second kappa shape index (κ2) is 7.92. The summed E-state index contributed by atoms with van der Waals surface area (Å²) in [6.45, 7) is 7.63. The van der Waals surface area contributed by atoms with Crippen LogP contribution in [0, 0.1) is 19.8 Å². The maximum Gasteiger partial charge on any atom is 0.224 e. The van der Waals surface area contributed by atoms with Gasteiger partial charge < -0.3 is 15.3 Å². The van der Waals surface area contributed by atoms with Crippen molar-refractivity contribution in [2.24, 2.45) is 5.92 Å². The topological polar surface area (TPSA) is 52.6 Å². The van der Waals surface area contributed by atoms with Crippen molar-refractivity contribution in [1.82, 2.24) is 10.2 Å². The average Bonchev–Trinajstić information content (AvgIpc) is 2.80. The fraction of sp³-hybridized carbons (Fsp3) is 0.688. The monoisotopic (exact) mass is 310 g/mol. The maximum atomic E-state index is 12.2. The van der Waals surface area contributed by atoms with Gasteiger partial charge in [0.05, 0.1) is 12.5 Å². The standard InChI is InChI=1S/C16H26N2O2S/c1-12-13(2)21-11-15(12)5-6-17-16(20)14-4-3-7-18(10-14)8-9-19/h11,14,19H,3-10H2,1-2H3,(H,17,20)/t14-/m0/s1. The Morgan fingerprint density at radius 3 is 3.00 bits per heavy atom. The van der Waals surface area contributed by atoms with Crippen molar-refractivity contribution in [1.29, 1.82) is 0 Å². The minimum atomic E-state index is 0.0793. The number of likely N-dealkylation sites (tertiary alicyclic amines) is 1. The minimum absolute atomic E-state index is 0.0793. The molecular formula is C16H26N2O2S. The van der Waals surface area contributed by atoms with Gasteiger partial charge in [-0.3, -0.25) is 4.79 Å². The first-order chi connectivity index (χ1) is 10.1. The van der Waals surface area contributed by atoms with Crippen LogP contribution in [0.3, 0.4) is 0 Å². The molecule has 118 valence electrons. The molecule has 5 heteroatoms. The zero-order chi connectivity index (χ0) is 15.2. The van der Waals surface area contributed by atoms with Crippen LogP contribution in [-0.2, 0) is 11.2 Å². The molecule has 2 heterocycles. The van der Waals surface area contributed by atoms with Crippen LogP contribution in [0.5, 0.6) is 0 Å². The molecule has 1 aliphatic rings. The number of aryl methyl sites for hydroxylation is 1. The molecule has 1 amide bonds. The fourth-order valence-electron chi connectivity index (χ4n) is 2.89. The van der Waals surface area contributed by atoms with E-state index >= 15 is 0 Å². The van der Waals surface area contributed by atoms with E-state index in [9.17, 15) is 4.79 Å². The summed E-state index contributed by atoms with van der Waals surface area (Å²) in [5, 5.41) is 14.3. The molecule has 1 saturated heterocycles. The molecule has 1 atom stereocenters. The van der Waals surface area contributed by atoms with Crippen molar-refractivity contribution in [3.05, 3.63) is 21.4 Å². The molecular weight excluding hydrogens is 284 g/mol. The lowest BCUT2D eigenvalue weighted by Crippen LogP contribution is -2.44. The fourth-order valence-corrected chi connectivity index (χ4v) is 3.81. The van der Waals surface area contributed by atoms with Gasteiger partial charge in [0.1, 0.15) is 0 Å². The molecule has 2 rings (SSSR count). The zero-order valence-corrected chi connectivity index (χ0v) is 13.8. The SMILES string of the molecule is Cc1scc(CCNC(=O)[C@H]2CCCN(CCO)C2)c1C. The highest BCUT2D eigenvalue weighted by molar-refractivity contribution is 7.10. The Morgan fingerprint density at radius 1 is 1.52 bits per heavy atom. The highest BCUT2D eigenvalue weighted by Gasteiger charge is 2.25. The lowest BCUT2D eigenvalue weighted by Gasteiger charge is -2.31. The highest BCUT2D eigenvalue weighted by atomic mass is 32.1. The number of nitrogens with one attached hydrogen (secondary N) is 1. The summed E-state index contributed by atoms with van der Waals surface area (Å²) in [6, 6.07) is 0. The van der Waals surface area contributed by atoms with Crippen molar-refractivity contribution in [3.63, 3.8) is 0 Å². The smallest absolute Gasteiger partial charge is 0.224 e. The van der Waals surface area contributed by atoms with Crippen LogP contribution in [0.4, 0.5) is 0 Å². The number of aliphatic hydroxyl groups excluding tert-OH is 1. The molecule has 21 heavy (non-hydrogen) atoms. The molecule has 1 fully saturated rings. The zero-order valence-electron chi connectivity index (χ0n) is 13.0. The summed E-state index contributed by atoms with van der Waals surface area (Å²) in [5.41, 5.74) is 2.71. The molecule has 2 N–H and O–H groups in total.